The van der Waals surface area contributed by atoms with E-state index in [1.165, 1.54) is 60.5 Å². The summed E-state index contributed by atoms with van der Waals surface area (Å²) in [5, 5.41) is 5.27. The highest BCUT2D eigenvalue weighted by Crippen LogP contribution is 2.33. The Balaban J connectivity index is 1.40. The van der Waals surface area contributed by atoms with Crippen molar-refractivity contribution in [2.24, 2.45) is 0 Å². The molecule has 0 saturated heterocycles. The smallest absolute Gasteiger partial charge is 0.00253 e. The molecule has 32 heavy (non-hydrogen) atoms. The molecule has 0 N–H and O–H groups in total. The Morgan fingerprint density at radius 3 is 2.47 bits per heavy atom. The Morgan fingerprint density at radius 1 is 0.688 bits per heavy atom. The van der Waals surface area contributed by atoms with Gasteiger partial charge in [-0.05, 0) is 87.2 Å². The first-order chi connectivity index (χ1) is 15.7. The van der Waals surface area contributed by atoms with Crippen molar-refractivity contribution in [1.29, 1.82) is 0 Å². The first kappa shape index (κ1) is 19.1. The molecule has 1 aliphatic rings. The third-order valence-electron chi connectivity index (χ3n) is 6.75. The molecule has 0 bridgehead atoms. The van der Waals surface area contributed by atoms with Crippen LogP contribution in [0.15, 0.2) is 97.1 Å². The molecule has 0 nitrogen and oxygen atoms in total. The minimum atomic E-state index is 0.946. The maximum absolute atomic E-state index is 2.39. The van der Waals surface area contributed by atoms with E-state index >= 15 is 0 Å². The van der Waals surface area contributed by atoms with Gasteiger partial charge in [0, 0.05) is 0 Å². The van der Waals surface area contributed by atoms with E-state index in [0.717, 1.165) is 19.3 Å². The van der Waals surface area contributed by atoms with E-state index in [1.807, 2.05) is 0 Å². The summed E-state index contributed by atoms with van der Waals surface area (Å²) in [5.74, 6) is 0. The molecule has 0 spiro atoms. The van der Waals surface area contributed by atoms with Gasteiger partial charge in [0.25, 0.3) is 0 Å². The first-order valence-corrected chi connectivity index (χ1v) is 11.5. The second kappa shape index (κ2) is 7.80. The molecule has 0 amide bonds. The molecule has 0 saturated carbocycles. The molecule has 5 aromatic carbocycles. The Bertz CT molecular complexity index is 1500. The lowest BCUT2D eigenvalue weighted by atomic mass is 9.90. The highest BCUT2D eigenvalue weighted by atomic mass is 14.1. The minimum absolute atomic E-state index is 0.946. The zero-order chi connectivity index (χ0) is 21.5. The normalized spacial score (nSPS) is 12.9. The van der Waals surface area contributed by atoms with Gasteiger partial charge >= 0.3 is 0 Å². The molecule has 5 aromatic rings. The molecule has 0 heterocycles. The van der Waals surface area contributed by atoms with Crippen LogP contribution in [0.1, 0.15) is 34.2 Å². The van der Waals surface area contributed by atoms with Gasteiger partial charge in [-0.1, -0.05) is 103 Å². The van der Waals surface area contributed by atoms with Crippen LogP contribution in [0.2, 0.25) is 0 Å². The Labute approximate surface area is 189 Å². The SMILES string of the molecule is Cc1ccc2ccc(Cc3ccc4cccc(-c5ccc6c(c5)C=CCC6)c4c3)cc2c1. The summed E-state index contributed by atoms with van der Waals surface area (Å²) in [4.78, 5) is 0. The number of allylic oxidation sites excluding steroid dienone is 1. The standard InChI is InChI=1S/C32H26/c1-22-9-12-26-13-10-23(19-30(26)17-22)18-24-11-14-27-7-4-8-31(32(27)20-24)29-16-15-25-5-2-3-6-28(25)21-29/h3-4,6-17,19-21H,2,5,18H2,1H3. The summed E-state index contributed by atoms with van der Waals surface area (Å²) in [6, 6.07) is 34.1. The molecule has 6 rings (SSSR count). The van der Waals surface area contributed by atoms with Gasteiger partial charge in [0.2, 0.25) is 0 Å². The summed E-state index contributed by atoms with van der Waals surface area (Å²) in [5.41, 5.74) is 9.48. The van der Waals surface area contributed by atoms with Crippen molar-refractivity contribution in [3.8, 4) is 11.1 Å². The van der Waals surface area contributed by atoms with Crippen molar-refractivity contribution < 1.29 is 0 Å². The van der Waals surface area contributed by atoms with Gasteiger partial charge < -0.3 is 0 Å². The Kier molecular flexibility index (Phi) is 4.65. The maximum Gasteiger partial charge on any atom is -0.00253 e. The quantitative estimate of drug-likeness (QED) is 0.280. The first-order valence-electron chi connectivity index (χ1n) is 11.5. The average Bonchev–Trinajstić information content (AvgIpc) is 2.83. The predicted octanol–water partition coefficient (Wildman–Crippen LogP) is 8.52. The minimum Gasteiger partial charge on any atom is -0.0836 e. The summed E-state index contributed by atoms with van der Waals surface area (Å²) in [6.45, 7) is 2.16. The number of hydrogen-bond donors (Lipinski definition) is 0. The predicted molar refractivity (Wildman–Crippen MR) is 138 cm³/mol. The highest BCUT2D eigenvalue weighted by molar-refractivity contribution is 5.97. The van der Waals surface area contributed by atoms with Crippen LogP contribution < -0.4 is 0 Å². The van der Waals surface area contributed by atoms with Gasteiger partial charge in [0.1, 0.15) is 0 Å². The molecule has 0 heteroatoms. The van der Waals surface area contributed by atoms with E-state index in [2.05, 4.69) is 110 Å². The maximum atomic E-state index is 2.39. The average molecular weight is 411 g/mol. The molecule has 0 aliphatic heterocycles. The van der Waals surface area contributed by atoms with Crippen LogP contribution in [-0.2, 0) is 12.8 Å². The highest BCUT2D eigenvalue weighted by Gasteiger charge is 2.10. The van der Waals surface area contributed by atoms with Crippen LogP contribution in [0.3, 0.4) is 0 Å². The number of aryl methyl sites for hydroxylation is 2. The summed E-state index contributed by atoms with van der Waals surface area (Å²) >= 11 is 0. The number of rotatable bonds is 3. The van der Waals surface area contributed by atoms with E-state index in [9.17, 15) is 0 Å². The molecule has 0 atom stereocenters. The summed E-state index contributed by atoms with van der Waals surface area (Å²) < 4.78 is 0. The van der Waals surface area contributed by atoms with Crippen molar-refractivity contribution in [3.05, 3.63) is 125 Å². The summed E-state index contributed by atoms with van der Waals surface area (Å²) in [7, 11) is 0. The van der Waals surface area contributed by atoms with Gasteiger partial charge in [-0.25, -0.2) is 0 Å². The third-order valence-corrected chi connectivity index (χ3v) is 6.75. The van der Waals surface area contributed by atoms with Gasteiger partial charge in [-0.2, -0.15) is 0 Å². The second-order valence-electron chi connectivity index (χ2n) is 9.08. The molecular formula is C32H26. The number of fused-ring (bicyclic) bond motifs is 3. The third kappa shape index (κ3) is 3.52. The van der Waals surface area contributed by atoms with Gasteiger partial charge in [-0.15, -0.1) is 0 Å². The molecule has 0 aromatic heterocycles. The zero-order valence-corrected chi connectivity index (χ0v) is 18.4. The number of benzene rings is 5. The van der Waals surface area contributed by atoms with Crippen LogP contribution in [0.25, 0.3) is 38.7 Å². The van der Waals surface area contributed by atoms with Crippen LogP contribution >= 0.6 is 0 Å². The van der Waals surface area contributed by atoms with E-state index in [4.69, 9.17) is 0 Å². The lowest BCUT2D eigenvalue weighted by molar-refractivity contribution is 0.986. The molecule has 1 aliphatic carbocycles. The number of hydrogen-bond acceptors (Lipinski definition) is 0. The molecular weight excluding hydrogens is 384 g/mol. The van der Waals surface area contributed by atoms with E-state index < -0.39 is 0 Å². The van der Waals surface area contributed by atoms with E-state index in [1.54, 1.807) is 0 Å². The van der Waals surface area contributed by atoms with Crippen LogP contribution in [0, 0.1) is 6.92 Å². The van der Waals surface area contributed by atoms with Crippen LogP contribution in [0.5, 0.6) is 0 Å². The van der Waals surface area contributed by atoms with Crippen molar-refractivity contribution in [2.45, 2.75) is 26.2 Å². The topological polar surface area (TPSA) is 0 Å². The van der Waals surface area contributed by atoms with Crippen molar-refractivity contribution in [2.75, 3.05) is 0 Å². The lowest BCUT2D eigenvalue weighted by Crippen LogP contribution is -1.94. The van der Waals surface area contributed by atoms with Gasteiger partial charge in [0.15, 0.2) is 0 Å². The lowest BCUT2D eigenvalue weighted by Gasteiger charge is -2.14. The Hall–Kier alpha value is -3.64. The van der Waals surface area contributed by atoms with Crippen LogP contribution in [0.4, 0.5) is 0 Å². The van der Waals surface area contributed by atoms with Gasteiger partial charge in [0.05, 0.1) is 0 Å². The fraction of sp³-hybridized carbons (Fsp3) is 0.125. The van der Waals surface area contributed by atoms with Crippen molar-refractivity contribution >= 4 is 27.6 Å². The molecule has 154 valence electrons. The van der Waals surface area contributed by atoms with Crippen molar-refractivity contribution in [1.82, 2.24) is 0 Å². The monoisotopic (exact) mass is 410 g/mol. The van der Waals surface area contributed by atoms with E-state index in [0.29, 0.717) is 0 Å². The Morgan fingerprint density at radius 2 is 1.53 bits per heavy atom. The molecule has 0 radical (unpaired) electrons. The molecule has 0 fully saturated rings. The van der Waals surface area contributed by atoms with E-state index in [-0.39, 0.29) is 0 Å². The largest absolute Gasteiger partial charge is 0.0836 e. The summed E-state index contributed by atoms with van der Waals surface area (Å²) in [6.07, 6.45) is 7.81. The van der Waals surface area contributed by atoms with Gasteiger partial charge in [-0.3, -0.25) is 0 Å². The fourth-order valence-electron chi connectivity index (χ4n) is 5.04. The van der Waals surface area contributed by atoms with Crippen molar-refractivity contribution in [3.63, 3.8) is 0 Å². The second-order valence-corrected chi connectivity index (χ2v) is 9.08. The fourth-order valence-corrected chi connectivity index (χ4v) is 5.04. The van der Waals surface area contributed by atoms with Crippen LogP contribution in [-0.4, -0.2) is 0 Å². The zero-order valence-electron chi connectivity index (χ0n) is 18.4. The molecule has 0 unspecified atom stereocenters.